The summed E-state index contributed by atoms with van der Waals surface area (Å²) in [6.07, 6.45) is 9.45. The number of hydrogen-bond acceptors (Lipinski definition) is 14. The molecule has 15 heteroatoms. The molecule has 6 N–H and O–H groups in total. The van der Waals surface area contributed by atoms with Gasteiger partial charge in [-0.3, -0.25) is 14.4 Å². The van der Waals surface area contributed by atoms with Crippen LogP contribution in [0.1, 0.15) is 109 Å². The number of oxime groups is 1. The number of allylic oxidation sites excluding steroid dienone is 2. The maximum absolute atomic E-state index is 14.4. The number of carbonyl (C=O) groups is 3. The number of unbranched alkanes of at least 4 members (excludes halogenated alkanes) is 4. The number of phenolic OH excluding ortho intramolecular Hbond substituents is 3. The minimum atomic E-state index is -2.06. The molecular weight excluding hydrogens is 776 g/mol. The number of rotatable bonds is 10. The largest absolute Gasteiger partial charge is 0.507 e. The molecule has 0 aromatic heterocycles. The van der Waals surface area contributed by atoms with Crippen LogP contribution in [0.25, 0.3) is 10.8 Å². The van der Waals surface area contributed by atoms with Crippen LogP contribution in [0.5, 0.6) is 23.0 Å². The molecule has 0 saturated heterocycles. The van der Waals surface area contributed by atoms with Gasteiger partial charge in [-0.15, -0.1) is 0 Å². The van der Waals surface area contributed by atoms with Crippen LogP contribution in [-0.4, -0.2) is 93.3 Å². The van der Waals surface area contributed by atoms with Crippen LogP contribution < -0.4 is 10.1 Å². The first-order valence-electron chi connectivity index (χ1n) is 20.6. The smallest absolute Gasteiger partial charge is 0.312 e. The van der Waals surface area contributed by atoms with E-state index in [0.29, 0.717) is 0 Å². The number of nitrogens with one attached hydrogen (secondary N) is 1. The van der Waals surface area contributed by atoms with Crippen LogP contribution in [-0.2, 0) is 28.6 Å². The highest BCUT2D eigenvalue weighted by atomic mass is 16.7. The number of nitrogens with zero attached hydrogens (tertiary/aromatic N) is 1. The molecule has 0 aliphatic carbocycles. The number of aromatic hydroxyl groups is 3. The minimum Gasteiger partial charge on any atom is -0.507 e. The average Bonchev–Trinajstić information content (AvgIpc) is 3.47. The maximum Gasteiger partial charge on any atom is 0.312 e. The van der Waals surface area contributed by atoms with E-state index in [4.69, 9.17) is 23.8 Å². The van der Waals surface area contributed by atoms with Gasteiger partial charge in [-0.25, -0.2) is 0 Å². The molecule has 9 atom stereocenters. The van der Waals surface area contributed by atoms with Gasteiger partial charge in [0, 0.05) is 61.2 Å². The molecule has 3 heterocycles. The van der Waals surface area contributed by atoms with Crippen molar-refractivity contribution in [3.8, 4) is 23.0 Å². The summed E-state index contributed by atoms with van der Waals surface area (Å²) in [6.45, 7) is 14.8. The number of anilines is 1. The summed E-state index contributed by atoms with van der Waals surface area (Å²) in [6, 6.07) is 0. The Morgan fingerprint density at radius 3 is 2.27 bits per heavy atom. The van der Waals surface area contributed by atoms with Crippen LogP contribution in [0.4, 0.5) is 5.69 Å². The van der Waals surface area contributed by atoms with E-state index < -0.39 is 88.8 Å². The number of aliphatic hydroxyl groups excluding tert-OH is 2. The van der Waals surface area contributed by atoms with Crippen molar-refractivity contribution in [3.63, 3.8) is 0 Å². The molecule has 0 saturated carbocycles. The number of fused-ring (bicyclic) bond motifs is 14. The Kier molecular flexibility index (Phi) is 16.2. The van der Waals surface area contributed by atoms with E-state index >= 15 is 0 Å². The van der Waals surface area contributed by atoms with E-state index in [9.17, 15) is 39.9 Å². The molecule has 0 fully saturated rings. The molecule has 5 bridgehead atoms. The SMILES string of the molecule is CCCCCCCO/N=C\c1c2c(O)c3c(O)c(C)c4c(c3c1O)C(=O)C(C)(O/C=C/C(OC)C(C)C(OC(C)=O)C(C)C(O)C(C)C(O)C(C)/C=C/C=C(\C)C(=O)N2)O4. The zero-order valence-electron chi connectivity index (χ0n) is 36.3. The average molecular weight is 839 g/mol. The number of amides is 1. The molecule has 0 spiro atoms. The number of phenols is 3. The van der Waals surface area contributed by atoms with E-state index in [1.54, 1.807) is 39.8 Å². The lowest BCUT2D eigenvalue weighted by Gasteiger charge is -2.38. The summed E-state index contributed by atoms with van der Waals surface area (Å²) in [5, 5.41) is 64.2. The fourth-order valence-corrected chi connectivity index (χ4v) is 7.79. The van der Waals surface area contributed by atoms with E-state index in [1.807, 2.05) is 0 Å². The molecular formula is C45H62N2O13. The lowest BCUT2D eigenvalue weighted by Crippen LogP contribution is -2.46. The second kappa shape index (κ2) is 20.4. The van der Waals surface area contributed by atoms with Gasteiger partial charge >= 0.3 is 11.8 Å². The Morgan fingerprint density at radius 1 is 0.933 bits per heavy atom. The highest BCUT2D eigenvalue weighted by molar-refractivity contribution is 6.23. The zero-order valence-corrected chi connectivity index (χ0v) is 36.3. The van der Waals surface area contributed by atoms with Crippen LogP contribution in [0, 0.1) is 30.6 Å². The number of carbonyl (C=O) groups excluding carboxylic acids is 3. The third kappa shape index (κ3) is 10.1. The highest BCUT2D eigenvalue weighted by Gasteiger charge is 2.50. The van der Waals surface area contributed by atoms with Crippen LogP contribution in [0.3, 0.4) is 0 Å². The standard InChI is InChI=1S/C45H62N2O13/c1-11-12-13-14-15-20-58-46-22-30-35-40(53)33-32(39(30)52)34-42(28(7)38(33)51)60-45(9,43(34)54)57-21-19-31(56-10)25(4)41(59-29(8)48)27(6)37(50)26(5)36(49)23(2)17-16-18-24(3)44(55)47-35/h16-19,21-23,25-27,31,36-37,41,49-53H,11-15,20H2,1-10H3,(H,47,55)/b17-16+,21-19+,24-18+,46-22-. The quantitative estimate of drug-likeness (QED) is 0.0352. The topological polar surface area (TPSA) is 223 Å². The molecule has 60 heavy (non-hydrogen) atoms. The van der Waals surface area contributed by atoms with Gasteiger partial charge in [0.1, 0.15) is 30.0 Å². The Bertz CT molecular complexity index is 2020. The normalized spacial score (nSPS) is 29.8. The van der Waals surface area contributed by atoms with Gasteiger partial charge in [-0.1, -0.05) is 77.3 Å². The Hall–Kier alpha value is -5.12. The first kappa shape index (κ1) is 47.6. The van der Waals surface area contributed by atoms with Gasteiger partial charge in [-0.2, -0.15) is 0 Å². The van der Waals surface area contributed by atoms with Crippen molar-refractivity contribution in [1.29, 1.82) is 0 Å². The summed E-state index contributed by atoms with van der Waals surface area (Å²) in [7, 11) is 1.43. The van der Waals surface area contributed by atoms with Crippen LogP contribution in [0.15, 0.2) is 41.3 Å². The molecule has 3 aliphatic heterocycles. The number of Topliss-reactive ketones (excluding diaryl/α,β-unsaturated/α-hetero) is 1. The number of ether oxygens (including phenoxy) is 4. The molecule has 15 nitrogen and oxygen atoms in total. The van der Waals surface area contributed by atoms with Gasteiger partial charge in [0.15, 0.2) is 5.75 Å². The molecule has 9 unspecified atom stereocenters. The first-order chi connectivity index (χ1) is 28.3. The number of esters is 1. The van der Waals surface area contributed by atoms with Crippen molar-refractivity contribution in [2.45, 2.75) is 125 Å². The molecule has 1 amide bonds. The van der Waals surface area contributed by atoms with E-state index in [0.717, 1.165) is 38.3 Å². The Balaban J connectivity index is 1.92. The summed E-state index contributed by atoms with van der Waals surface area (Å²) in [4.78, 5) is 45.9. The number of hydrogen-bond donors (Lipinski definition) is 6. The predicted octanol–water partition coefficient (Wildman–Crippen LogP) is 7.08. The van der Waals surface area contributed by atoms with Crippen molar-refractivity contribution >= 4 is 40.3 Å². The minimum absolute atomic E-state index is 0.0411. The summed E-state index contributed by atoms with van der Waals surface area (Å²) in [5.74, 6) is -8.55. The van der Waals surface area contributed by atoms with Crippen LogP contribution in [0.2, 0.25) is 0 Å². The third-order valence-electron chi connectivity index (χ3n) is 11.6. The molecule has 2 aromatic rings. The summed E-state index contributed by atoms with van der Waals surface area (Å²) in [5.41, 5.74) is -0.549. The lowest BCUT2D eigenvalue weighted by atomic mass is 9.78. The first-order valence-corrected chi connectivity index (χ1v) is 20.6. The van der Waals surface area contributed by atoms with Gasteiger partial charge in [0.2, 0.25) is 0 Å². The molecule has 2 aromatic carbocycles. The van der Waals surface area contributed by atoms with E-state index in [1.165, 1.54) is 53.2 Å². The van der Waals surface area contributed by atoms with Gasteiger partial charge in [0.25, 0.3) is 11.7 Å². The number of ketones is 1. The van der Waals surface area contributed by atoms with Crippen molar-refractivity contribution in [2.75, 3.05) is 19.0 Å². The second-order valence-corrected chi connectivity index (χ2v) is 16.1. The highest BCUT2D eigenvalue weighted by Crippen LogP contribution is 2.55. The summed E-state index contributed by atoms with van der Waals surface area (Å²) >= 11 is 0. The molecule has 0 radical (unpaired) electrons. The van der Waals surface area contributed by atoms with Gasteiger partial charge < -0.3 is 54.6 Å². The molecule has 330 valence electrons. The third-order valence-corrected chi connectivity index (χ3v) is 11.6. The fraction of sp³-hybridized carbons (Fsp3) is 0.556. The fourth-order valence-electron chi connectivity index (χ4n) is 7.79. The lowest BCUT2D eigenvalue weighted by molar-refractivity contribution is -0.160. The molecule has 5 rings (SSSR count). The number of benzene rings is 2. The summed E-state index contributed by atoms with van der Waals surface area (Å²) < 4.78 is 23.5. The predicted molar refractivity (Wildman–Crippen MR) is 226 cm³/mol. The second-order valence-electron chi connectivity index (χ2n) is 16.1. The Morgan fingerprint density at radius 2 is 1.62 bits per heavy atom. The monoisotopic (exact) mass is 838 g/mol. The van der Waals surface area contributed by atoms with Crippen molar-refractivity contribution < 1.29 is 63.7 Å². The van der Waals surface area contributed by atoms with Crippen molar-refractivity contribution in [2.24, 2.45) is 28.8 Å². The van der Waals surface area contributed by atoms with E-state index in [-0.39, 0.29) is 51.1 Å². The van der Waals surface area contributed by atoms with Crippen molar-refractivity contribution in [1.82, 2.24) is 0 Å². The van der Waals surface area contributed by atoms with E-state index in [2.05, 4.69) is 17.4 Å². The molecule has 3 aliphatic rings. The number of methoxy groups -OCH3 is 1. The van der Waals surface area contributed by atoms with Crippen LogP contribution >= 0.6 is 0 Å². The number of aliphatic hydroxyl groups is 2. The maximum atomic E-state index is 14.4. The van der Waals surface area contributed by atoms with Gasteiger partial charge in [-0.05, 0) is 32.8 Å². The van der Waals surface area contributed by atoms with Crippen molar-refractivity contribution in [3.05, 3.63) is 52.8 Å². The Labute approximate surface area is 351 Å². The van der Waals surface area contributed by atoms with Gasteiger partial charge in [0.05, 0.1) is 53.0 Å². The zero-order chi connectivity index (χ0) is 44.6.